The fraction of sp³-hybridized carbons (Fsp3) is 0.250. The summed E-state index contributed by atoms with van der Waals surface area (Å²) in [6.45, 7) is 1.35. The molecule has 0 aliphatic rings. The average molecular weight is 235 g/mol. The summed E-state index contributed by atoms with van der Waals surface area (Å²) in [5.41, 5.74) is 0. The van der Waals surface area contributed by atoms with Crippen molar-refractivity contribution in [2.45, 2.75) is 13.0 Å². The topological polar surface area (TPSA) is 31.2 Å². The highest BCUT2D eigenvalue weighted by Crippen LogP contribution is 2.08. The smallest absolute Gasteiger partial charge is 0.307 e. The van der Waals surface area contributed by atoms with Crippen molar-refractivity contribution in [3.8, 4) is 5.75 Å². The molecule has 0 unspecified atom stereocenters. The van der Waals surface area contributed by atoms with Crippen molar-refractivity contribution in [2.24, 2.45) is 0 Å². The first-order chi connectivity index (χ1) is 7.86. The highest BCUT2D eigenvalue weighted by atomic mass is 32.1. The van der Waals surface area contributed by atoms with E-state index in [2.05, 4.69) is 0 Å². The Kier molecular flexibility index (Phi) is 3.77. The van der Waals surface area contributed by atoms with Gasteiger partial charge in [-0.15, -0.1) is 0 Å². The molecule has 0 aliphatic heterocycles. The predicted octanol–water partition coefficient (Wildman–Crippen LogP) is 2.38. The number of benzene rings is 1. The molecule has 0 atom stereocenters. The van der Waals surface area contributed by atoms with Crippen molar-refractivity contribution in [3.63, 3.8) is 0 Å². The van der Waals surface area contributed by atoms with Gasteiger partial charge in [-0.3, -0.25) is 4.79 Å². The van der Waals surface area contributed by atoms with Crippen LogP contribution < -0.4 is 9.61 Å². The van der Waals surface area contributed by atoms with E-state index in [1.807, 2.05) is 36.5 Å². The van der Waals surface area contributed by atoms with Crippen molar-refractivity contribution < 1.29 is 4.74 Å². The molecular formula is C12H13NO2S. The SMILES string of the molecule is O=c1sccn1CCCOc1ccccc1. The number of aryl methyl sites for hydroxylation is 1. The van der Waals surface area contributed by atoms with Crippen molar-refractivity contribution >= 4 is 11.3 Å². The number of hydrogen-bond donors (Lipinski definition) is 0. The molecule has 0 saturated carbocycles. The van der Waals surface area contributed by atoms with Gasteiger partial charge in [-0.25, -0.2) is 0 Å². The average Bonchev–Trinajstić information content (AvgIpc) is 2.72. The van der Waals surface area contributed by atoms with E-state index in [9.17, 15) is 4.79 Å². The Balaban J connectivity index is 1.74. The summed E-state index contributed by atoms with van der Waals surface area (Å²) >= 11 is 1.23. The van der Waals surface area contributed by atoms with Crippen LogP contribution in [-0.4, -0.2) is 11.2 Å². The lowest BCUT2D eigenvalue weighted by Gasteiger charge is -2.05. The third-order valence-electron chi connectivity index (χ3n) is 2.20. The summed E-state index contributed by atoms with van der Waals surface area (Å²) in [5.74, 6) is 0.875. The Morgan fingerprint density at radius 1 is 1.25 bits per heavy atom. The van der Waals surface area contributed by atoms with Gasteiger partial charge in [0, 0.05) is 18.1 Å². The van der Waals surface area contributed by atoms with E-state index >= 15 is 0 Å². The number of para-hydroxylation sites is 1. The van der Waals surface area contributed by atoms with Gasteiger partial charge in [0.15, 0.2) is 0 Å². The van der Waals surface area contributed by atoms with E-state index in [4.69, 9.17) is 4.74 Å². The predicted molar refractivity (Wildman–Crippen MR) is 65.1 cm³/mol. The molecule has 1 aromatic carbocycles. The highest BCUT2D eigenvalue weighted by Gasteiger charge is 1.96. The number of ether oxygens (including phenoxy) is 1. The molecule has 1 heterocycles. The fourth-order valence-corrected chi connectivity index (χ4v) is 2.01. The quantitative estimate of drug-likeness (QED) is 0.745. The Labute approximate surface area is 97.9 Å². The summed E-state index contributed by atoms with van der Waals surface area (Å²) in [7, 11) is 0. The lowest BCUT2D eigenvalue weighted by molar-refractivity contribution is 0.301. The van der Waals surface area contributed by atoms with Gasteiger partial charge in [-0.05, 0) is 18.6 Å². The first-order valence-electron chi connectivity index (χ1n) is 5.18. The van der Waals surface area contributed by atoms with Crippen LogP contribution in [0.4, 0.5) is 0 Å². The zero-order chi connectivity index (χ0) is 11.2. The molecule has 0 saturated heterocycles. The molecule has 0 amide bonds. The standard InChI is InChI=1S/C12H13NO2S/c14-12-13(8-10-16-12)7-4-9-15-11-5-2-1-3-6-11/h1-3,5-6,8,10H,4,7,9H2. The molecule has 0 bridgehead atoms. The highest BCUT2D eigenvalue weighted by molar-refractivity contribution is 7.07. The fourth-order valence-electron chi connectivity index (χ4n) is 1.40. The maximum Gasteiger partial charge on any atom is 0.307 e. The van der Waals surface area contributed by atoms with Gasteiger partial charge >= 0.3 is 4.87 Å². The van der Waals surface area contributed by atoms with Gasteiger partial charge in [0.25, 0.3) is 0 Å². The lowest BCUT2D eigenvalue weighted by Crippen LogP contribution is -2.13. The van der Waals surface area contributed by atoms with E-state index in [1.54, 1.807) is 9.95 Å². The van der Waals surface area contributed by atoms with Crippen LogP contribution in [-0.2, 0) is 6.54 Å². The molecule has 0 N–H and O–H groups in total. The van der Waals surface area contributed by atoms with E-state index < -0.39 is 0 Å². The van der Waals surface area contributed by atoms with Gasteiger partial charge in [-0.2, -0.15) is 0 Å². The Hall–Kier alpha value is -1.55. The molecule has 2 rings (SSSR count). The molecule has 0 aliphatic carbocycles. The molecule has 16 heavy (non-hydrogen) atoms. The molecule has 3 nitrogen and oxygen atoms in total. The number of nitrogens with zero attached hydrogens (tertiary/aromatic N) is 1. The molecule has 0 spiro atoms. The van der Waals surface area contributed by atoms with E-state index in [0.29, 0.717) is 6.61 Å². The summed E-state index contributed by atoms with van der Waals surface area (Å²) in [6, 6.07) is 9.70. The number of hydrogen-bond acceptors (Lipinski definition) is 3. The van der Waals surface area contributed by atoms with E-state index in [-0.39, 0.29) is 4.87 Å². The molecule has 0 radical (unpaired) electrons. The third-order valence-corrected chi connectivity index (χ3v) is 2.89. The van der Waals surface area contributed by atoms with Crippen LogP contribution >= 0.6 is 11.3 Å². The molecular weight excluding hydrogens is 222 g/mol. The number of rotatable bonds is 5. The minimum Gasteiger partial charge on any atom is -0.494 e. The van der Waals surface area contributed by atoms with E-state index in [0.717, 1.165) is 18.7 Å². The zero-order valence-electron chi connectivity index (χ0n) is 8.83. The van der Waals surface area contributed by atoms with Crippen molar-refractivity contribution in [3.05, 3.63) is 51.6 Å². The second-order valence-corrected chi connectivity index (χ2v) is 4.23. The summed E-state index contributed by atoms with van der Waals surface area (Å²) in [6.07, 6.45) is 2.65. The van der Waals surface area contributed by atoms with E-state index in [1.165, 1.54) is 11.3 Å². The van der Waals surface area contributed by atoms with Crippen LogP contribution in [0, 0.1) is 0 Å². The molecule has 0 fully saturated rings. The second kappa shape index (κ2) is 5.51. The Bertz CT molecular complexity index is 475. The largest absolute Gasteiger partial charge is 0.494 e. The molecule has 1 aromatic heterocycles. The van der Waals surface area contributed by atoms with Crippen LogP contribution in [0.15, 0.2) is 46.7 Å². The second-order valence-electron chi connectivity index (χ2n) is 3.38. The minimum atomic E-state index is 0.0970. The van der Waals surface area contributed by atoms with Crippen molar-refractivity contribution in [1.82, 2.24) is 4.57 Å². The van der Waals surface area contributed by atoms with Crippen molar-refractivity contribution in [2.75, 3.05) is 6.61 Å². The first kappa shape index (κ1) is 11.0. The van der Waals surface area contributed by atoms with Crippen LogP contribution in [0.5, 0.6) is 5.75 Å². The normalized spacial score (nSPS) is 10.2. The Morgan fingerprint density at radius 2 is 2.06 bits per heavy atom. The van der Waals surface area contributed by atoms with Crippen LogP contribution in [0.25, 0.3) is 0 Å². The third kappa shape index (κ3) is 2.97. The summed E-state index contributed by atoms with van der Waals surface area (Å²) < 4.78 is 7.24. The summed E-state index contributed by atoms with van der Waals surface area (Å²) in [5, 5.41) is 1.81. The maximum atomic E-state index is 11.2. The van der Waals surface area contributed by atoms with Crippen LogP contribution in [0.1, 0.15) is 6.42 Å². The van der Waals surface area contributed by atoms with Crippen LogP contribution in [0.3, 0.4) is 0 Å². The van der Waals surface area contributed by atoms with Gasteiger partial charge in [0.1, 0.15) is 5.75 Å². The first-order valence-corrected chi connectivity index (χ1v) is 6.06. The maximum absolute atomic E-state index is 11.2. The Morgan fingerprint density at radius 3 is 2.75 bits per heavy atom. The molecule has 2 aromatic rings. The molecule has 4 heteroatoms. The van der Waals surface area contributed by atoms with Gasteiger partial charge in [0.05, 0.1) is 6.61 Å². The summed E-state index contributed by atoms with van der Waals surface area (Å²) in [4.78, 5) is 11.3. The minimum absolute atomic E-state index is 0.0970. The monoisotopic (exact) mass is 235 g/mol. The zero-order valence-corrected chi connectivity index (χ0v) is 9.65. The van der Waals surface area contributed by atoms with Crippen LogP contribution in [0.2, 0.25) is 0 Å². The van der Waals surface area contributed by atoms with Gasteiger partial charge in [0.2, 0.25) is 0 Å². The van der Waals surface area contributed by atoms with Gasteiger partial charge < -0.3 is 9.30 Å². The van der Waals surface area contributed by atoms with Crippen molar-refractivity contribution in [1.29, 1.82) is 0 Å². The van der Waals surface area contributed by atoms with Gasteiger partial charge in [-0.1, -0.05) is 29.5 Å². The number of aromatic nitrogens is 1. The number of thiazole rings is 1. The lowest BCUT2D eigenvalue weighted by atomic mass is 10.3. The molecule has 84 valence electrons.